The molecule has 1 aliphatic rings. The molecule has 4 aromatic rings. The van der Waals surface area contributed by atoms with Crippen molar-refractivity contribution < 1.29 is 18.3 Å². The Labute approximate surface area is 203 Å². The van der Waals surface area contributed by atoms with Gasteiger partial charge in [-0.05, 0) is 43.2 Å². The fraction of sp³-hybridized carbons (Fsp3) is 0.200. The van der Waals surface area contributed by atoms with E-state index in [4.69, 9.17) is 15.6 Å². The van der Waals surface area contributed by atoms with Crippen molar-refractivity contribution in [2.75, 3.05) is 18.8 Å². The summed E-state index contributed by atoms with van der Waals surface area (Å²) in [6, 6.07) is 9.48. The van der Waals surface area contributed by atoms with Crippen LogP contribution in [0.2, 0.25) is 0 Å². The standard InChI is InChI=1S/C25H22F2N6O3/c1-2-20(34)32-9-3-4-14(13-32)22-21-23(24(28)29-30-25(21)35)33(31-22)17-5-7-18(8-6-17)36-19-11-15(26)10-16(27)12-19/h2,5-8,10-12,14H,1,3-4,9,13H2,(H2,28,29)(H,30,35)/t14-/m1/s1. The lowest BCUT2D eigenvalue weighted by Crippen LogP contribution is -2.38. The van der Waals surface area contributed by atoms with Gasteiger partial charge in [-0.25, -0.2) is 18.6 Å². The summed E-state index contributed by atoms with van der Waals surface area (Å²) in [7, 11) is 0. The van der Waals surface area contributed by atoms with Crippen LogP contribution in [0, 0.1) is 11.6 Å². The number of aromatic amines is 1. The van der Waals surface area contributed by atoms with Crippen molar-refractivity contribution >= 4 is 22.6 Å². The number of H-pyrrole nitrogens is 1. The SMILES string of the molecule is C=CC(=O)N1CCC[C@@H](c2nn(-c3ccc(Oc4cc(F)cc(F)c4)cc3)c3c(N)n[nH]c(=O)c23)C1. The predicted octanol–water partition coefficient (Wildman–Crippen LogP) is 3.65. The van der Waals surface area contributed by atoms with Crippen molar-refractivity contribution in [2.45, 2.75) is 18.8 Å². The zero-order valence-corrected chi connectivity index (χ0v) is 19.1. The number of hydrogen-bond acceptors (Lipinski definition) is 6. The Balaban J connectivity index is 1.53. The summed E-state index contributed by atoms with van der Waals surface area (Å²) in [6.45, 7) is 4.56. The number of aromatic nitrogens is 4. The molecule has 0 radical (unpaired) electrons. The number of benzene rings is 2. The van der Waals surface area contributed by atoms with Gasteiger partial charge in [-0.1, -0.05) is 6.58 Å². The minimum absolute atomic E-state index is 0.0166. The fourth-order valence-corrected chi connectivity index (χ4v) is 4.50. The van der Waals surface area contributed by atoms with Crippen LogP contribution < -0.4 is 16.0 Å². The summed E-state index contributed by atoms with van der Waals surface area (Å²) in [5.74, 6) is -1.40. The Hall–Kier alpha value is -4.54. The topological polar surface area (TPSA) is 119 Å². The minimum Gasteiger partial charge on any atom is -0.457 e. The molecule has 1 aliphatic heterocycles. The third-order valence-corrected chi connectivity index (χ3v) is 6.11. The molecule has 36 heavy (non-hydrogen) atoms. The van der Waals surface area contributed by atoms with Crippen molar-refractivity contribution in [1.82, 2.24) is 24.9 Å². The van der Waals surface area contributed by atoms with Gasteiger partial charge < -0.3 is 15.4 Å². The minimum atomic E-state index is -0.749. The monoisotopic (exact) mass is 492 g/mol. The molecule has 2 aromatic carbocycles. The molecule has 1 amide bonds. The lowest BCUT2D eigenvalue weighted by atomic mass is 9.93. The highest BCUT2D eigenvalue weighted by molar-refractivity contribution is 5.91. The zero-order chi connectivity index (χ0) is 25.4. The lowest BCUT2D eigenvalue weighted by molar-refractivity contribution is -0.127. The van der Waals surface area contributed by atoms with Gasteiger partial charge >= 0.3 is 0 Å². The van der Waals surface area contributed by atoms with Crippen LogP contribution in [0.5, 0.6) is 11.5 Å². The Kier molecular flexibility index (Phi) is 5.96. The smallest absolute Gasteiger partial charge is 0.275 e. The number of likely N-dealkylation sites (tertiary alicyclic amines) is 1. The number of piperidine rings is 1. The average molecular weight is 492 g/mol. The van der Waals surface area contributed by atoms with Crippen molar-refractivity contribution in [3.63, 3.8) is 0 Å². The number of halogens is 2. The molecular weight excluding hydrogens is 470 g/mol. The van der Waals surface area contributed by atoms with E-state index in [9.17, 15) is 18.4 Å². The van der Waals surface area contributed by atoms with Gasteiger partial charge in [0.05, 0.1) is 16.8 Å². The Morgan fingerprint density at radius 3 is 2.58 bits per heavy atom. The first-order chi connectivity index (χ1) is 17.3. The zero-order valence-electron chi connectivity index (χ0n) is 19.1. The van der Waals surface area contributed by atoms with Crippen LogP contribution in [0.1, 0.15) is 24.5 Å². The van der Waals surface area contributed by atoms with E-state index in [1.54, 1.807) is 29.2 Å². The van der Waals surface area contributed by atoms with E-state index >= 15 is 0 Å². The number of nitrogens with two attached hydrogens (primary N) is 1. The van der Waals surface area contributed by atoms with E-state index in [0.717, 1.165) is 31.0 Å². The van der Waals surface area contributed by atoms with Gasteiger partial charge in [0.25, 0.3) is 5.56 Å². The molecule has 1 atom stereocenters. The molecule has 1 fully saturated rings. The first kappa shape index (κ1) is 23.2. The maximum atomic E-state index is 13.5. The average Bonchev–Trinajstić information content (AvgIpc) is 3.28. The summed E-state index contributed by atoms with van der Waals surface area (Å²) in [5.41, 5.74) is 7.16. The normalized spacial score (nSPS) is 15.7. The molecule has 11 heteroatoms. The molecule has 3 heterocycles. The highest BCUT2D eigenvalue weighted by Gasteiger charge is 2.30. The first-order valence-electron chi connectivity index (χ1n) is 11.3. The molecule has 3 N–H and O–H groups in total. The van der Waals surface area contributed by atoms with Gasteiger partial charge in [-0.3, -0.25) is 9.59 Å². The van der Waals surface area contributed by atoms with Crippen LogP contribution in [0.25, 0.3) is 16.6 Å². The van der Waals surface area contributed by atoms with Crippen LogP contribution in [0.15, 0.2) is 59.9 Å². The first-order valence-corrected chi connectivity index (χ1v) is 11.3. The number of nitrogen functional groups attached to an aromatic ring is 1. The van der Waals surface area contributed by atoms with Gasteiger partial charge in [0, 0.05) is 37.2 Å². The van der Waals surface area contributed by atoms with Crippen LogP contribution in [0.4, 0.5) is 14.6 Å². The Morgan fingerprint density at radius 1 is 1.17 bits per heavy atom. The molecule has 5 rings (SSSR count). The van der Waals surface area contributed by atoms with Gasteiger partial charge in [0.1, 0.15) is 28.7 Å². The second-order valence-corrected chi connectivity index (χ2v) is 8.49. The number of anilines is 1. The summed E-state index contributed by atoms with van der Waals surface area (Å²) in [4.78, 5) is 26.7. The van der Waals surface area contributed by atoms with Crippen molar-refractivity contribution in [3.05, 3.63) is 82.8 Å². The highest BCUT2D eigenvalue weighted by Crippen LogP contribution is 2.33. The number of carbonyl (C=O) groups is 1. The third kappa shape index (κ3) is 4.30. The van der Waals surface area contributed by atoms with Crippen molar-refractivity contribution in [2.24, 2.45) is 0 Å². The lowest BCUT2D eigenvalue weighted by Gasteiger charge is -2.31. The van der Waals surface area contributed by atoms with Gasteiger partial charge in [0.15, 0.2) is 5.82 Å². The molecule has 2 aromatic heterocycles. The number of hydrogen-bond donors (Lipinski definition) is 2. The van der Waals surface area contributed by atoms with Crippen LogP contribution in [-0.4, -0.2) is 43.9 Å². The van der Waals surface area contributed by atoms with E-state index in [1.165, 1.54) is 10.8 Å². The maximum Gasteiger partial charge on any atom is 0.275 e. The van der Waals surface area contributed by atoms with E-state index in [0.29, 0.717) is 41.1 Å². The molecule has 0 spiro atoms. The number of amides is 1. The second kappa shape index (κ2) is 9.25. The van der Waals surface area contributed by atoms with Crippen LogP contribution >= 0.6 is 0 Å². The Bertz CT molecular complexity index is 1510. The van der Waals surface area contributed by atoms with Gasteiger partial charge in [0.2, 0.25) is 5.91 Å². The number of rotatable bonds is 5. The summed E-state index contributed by atoms with van der Waals surface area (Å²) in [5, 5.41) is 11.4. The van der Waals surface area contributed by atoms with E-state index in [1.807, 2.05) is 0 Å². The summed E-state index contributed by atoms with van der Waals surface area (Å²) >= 11 is 0. The fourth-order valence-electron chi connectivity index (χ4n) is 4.50. The Morgan fingerprint density at radius 2 is 1.89 bits per heavy atom. The number of fused-ring (bicyclic) bond motifs is 1. The number of carbonyl (C=O) groups excluding carboxylic acids is 1. The van der Waals surface area contributed by atoms with Gasteiger partial charge in [-0.15, -0.1) is 0 Å². The molecule has 9 nitrogen and oxygen atoms in total. The number of nitrogens with zero attached hydrogens (tertiary/aromatic N) is 4. The van der Waals surface area contributed by atoms with Crippen molar-refractivity contribution in [1.29, 1.82) is 0 Å². The second-order valence-electron chi connectivity index (χ2n) is 8.49. The van der Waals surface area contributed by atoms with Crippen molar-refractivity contribution in [3.8, 4) is 17.2 Å². The molecular formula is C25H22F2N6O3. The maximum absolute atomic E-state index is 13.5. The summed E-state index contributed by atoms with van der Waals surface area (Å²) in [6.07, 6.45) is 2.77. The van der Waals surface area contributed by atoms with Crippen LogP contribution in [-0.2, 0) is 4.79 Å². The summed E-state index contributed by atoms with van der Waals surface area (Å²) < 4.78 is 34.0. The molecule has 0 bridgehead atoms. The largest absolute Gasteiger partial charge is 0.457 e. The quantitative estimate of drug-likeness (QED) is 0.411. The molecule has 0 unspecified atom stereocenters. The third-order valence-electron chi connectivity index (χ3n) is 6.11. The predicted molar refractivity (Wildman–Crippen MR) is 129 cm³/mol. The van der Waals surface area contributed by atoms with Gasteiger partial charge in [-0.2, -0.15) is 10.2 Å². The molecule has 0 aliphatic carbocycles. The van der Waals surface area contributed by atoms with E-state index < -0.39 is 17.2 Å². The number of nitrogens with one attached hydrogen (secondary N) is 1. The van der Waals surface area contributed by atoms with E-state index in [2.05, 4.69) is 16.8 Å². The molecule has 1 saturated heterocycles. The number of ether oxygens (including phenoxy) is 1. The molecule has 0 saturated carbocycles. The highest BCUT2D eigenvalue weighted by atomic mass is 19.1. The van der Waals surface area contributed by atoms with E-state index in [-0.39, 0.29) is 23.4 Å². The molecule has 184 valence electrons. The van der Waals surface area contributed by atoms with Crippen LogP contribution in [0.3, 0.4) is 0 Å².